The van der Waals surface area contributed by atoms with E-state index in [0.717, 1.165) is 10.6 Å². The maximum atomic E-state index is 12.9. The van der Waals surface area contributed by atoms with Crippen LogP contribution in [0.5, 0.6) is 0 Å². The molecule has 4 rings (SSSR count). The van der Waals surface area contributed by atoms with Crippen molar-refractivity contribution in [2.75, 3.05) is 23.0 Å². The molecule has 8 heteroatoms. The number of nitrogens with zero attached hydrogens (tertiary/aromatic N) is 3. The van der Waals surface area contributed by atoms with Gasteiger partial charge in [-0.1, -0.05) is 17.3 Å². The summed E-state index contributed by atoms with van der Waals surface area (Å²) in [4.78, 5) is 32.4. The lowest BCUT2D eigenvalue weighted by atomic mass is 10.1. The molecule has 1 saturated heterocycles. The highest BCUT2D eigenvalue weighted by Crippen LogP contribution is 2.30. The number of thioether (sulfide) groups is 1. The Morgan fingerprint density at radius 2 is 1.97 bits per heavy atom. The van der Waals surface area contributed by atoms with Gasteiger partial charge in [-0.05, 0) is 42.7 Å². The van der Waals surface area contributed by atoms with Gasteiger partial charge in [0, 0.05) is 36.0 Å². The molecule has 1 aliphatic heterocycles. The first-order valence-corrected chi connectivity index (χ1v) is 10.4. The average Bonchev–Trinajstić information content (AvgIpc) is 3.34. The Hall–Kier alpha value is -3.13. The van der Waals surface area contributed by atoms with E-state index in [4.69, 9.17) is 4.52 Å². The SMILES string of the molecule is CSc1ccc(N2CC(C(=O)Nc3ccccc3-c3noc(C)n3)CC2=O)cc1. The quantitative estimate of drug-likeness (QED) is 0.647. The number of amides is 2. The Kier molecular flexibility index (Phi) is 5.35. The molecule has 0 radical (unpaired) electrons. The predicted molar refractivity (Wildman–Crippen MR) is 112 cm³/mol. The Balaban J connectivity index is 1.49. The molecular weight excluding hydrogens is 388 g/mol. The molecule has 2 heterocycles. The number of rotatable bonds is 5. The van der Waals surface area contributed by atoms with Crippen LogP contribution < -0.4 is 10.2 Å². The van der Waals surface area contributed by atoms with Crippen molar-refractivity contribution < 1.29 is 14.1 Å². The van der Waals surface area contributed by atoms with Gasteiger partial charge in [0.05, 0.1) is 11.6 Å². The van der Waals surface area contributed by atoms with E-state index in [-0.39, 0.29) is 18.2 Å². The molecule has 148 valence electrons. The number of hydrogen-bond acceptors (Lipinski definition) is 6. The number of aryl methyl sites for hydroxylation is 1. The van der Waals surface area contributed by atoms with Gasteiger partial charge >= 0.3 is 0 Å². The van der Waals surface area contributed by atoms with Gasteiger partial charge in [-0.2, -0.15) is 4.98 Å². The van der Waals surface area contributed by atoms with E-state index in [1.807, 2.05) is 48.7 Å². The zero-order chi connectivity index (χ0) is 20.4. The zero-order valence-electron chi connectivity index (χ0n) is 16.1. The number of carbonyl (C=O) groups is 2. The topological polar surface area (TPSA) is 88.3 Å². The van der Waals surface area contributed by atoms with Gasteiger partial charge < -0.3 is 14.7 Å². The number of nitrogens with one attached hydrogen (secondary N) is 1. The zero-order valence-corrected chi connectivity index (χ0v) is 16.9. The third-order valence-electron chi connectivity index (χ3n) is 4.83. The monoisotopic (exact) mass is 408 g/mol. The van der Waals surface area contributed by atoms with E-state index in [1.165, 1.54) is 0 Å². The Bertz CT molecular complexity index is 1050. The molecule has 3 aromatic rings. The van der Waals surface area contributed by atoms with E-state index in [9.17, 15) is 9.59 Å². The second-order valence-corrected chi connectivity index (χ2v) is 7.65. The fourth-order valence-corrected chi connectivity index (χ4v) is 3.73. The lowest BCUT2D eigenvalue weighted by molar-refractivity contribution is -0.122. The lowest BCUT2D eigenvalue weighted by Crippen LogP contribution is -2.28. The standard InChI is InChI=1S/C21H20N4O3S/c1-13-22-20(24-28-13)17-5-3-4-6-18(17)23-21(27)14-11-19(26)25(12-14)15-7-9-16(29-2)10-8-15/h3-10,14H,11-12H2,1-2H3,(H,23,27). The van der Waals surface area contributed by atoms with Gasteiger partial charge in [0.15, 0.2) is 0 Å². The van der Waals surface area contributed by atoms with Crippen LogP contribution in [0.25, 0.3) is 11.4 Å². The minimum atomic E-state index is -0.428. The summed E-state index contributed by atoms with van der Waals surface area (Å²) in [5.41, 5.74) is 2.07. The first-order valence-electron chi connectivity index (χ1n) is 9.20. The summed E-state index contributed by atoms with van der Waals surface area (Å²) in [5.74, 6) is 0.184. The Labute approximate surface area is 172 Å². The number of benzene rings is 2. The smallest absolute Gasteiger partial charge is 0.229 e. The van der Waals surface area contributed by atoms with Gasteiger partial charge in [-0.25, -0.2) is 0 Å². The summed E-state index contributed by atoms with van der Waals surface area (Å²) in [5, 5.41) is 6.86. The molecule has 1 atom stereocenters. The third kappa shape index (κ3) is 4.02. The number of carbonyl (C=O) groups excluding carboxylic acids is 2. The summed E-state index contributed by atoms with van der Waals surface area (Å²) >= 11 is 1.64. The summed E-state index contributed by atoms with van der Waals surface area (Å²) in [7, 11) is 0. The van der Waals surface area contributed by atoms with Crippen molar-refractivity contribution in [3.05, 3.63) is 54.4 Å². The minimum Gasteiger partial charge on any atom is -0.339 e. The van der Waals surface area contributed by atoms with Crippen molar-refractivity contribution >= 4 is 35.0 Å². The van der Waals surface area contributed by atoms with Gasteiger partial charge in [-0.3, -0.25) is 9.59 Å². The van der Waals surface area contributed by atoms with Gasteiger partial charge in [-0.15, -0.1) is 11.8 Å². The highest BCUT2D eigenvalue weighted by atomic mass is 32.2. The number of aromatic nitrogens is 2. The molecule has 1 unspecified atom stereocenters. The molecule has 0 saturated carbocycles. The summed E-state index contributed by atoms with van der Waals surface area (Å²) in [6.07, 6.45) is 2.18. The molecule has 29 heavy (non-hydrogen) atoms. The van der Waals surface area contributed by atoms with E-state index >= 15 is 0 Å². The van der Waals surface area contributed by atoms with Crippen molar-refractivity contribution in [3.63, 3.8) is 0 Å². The Morgan fingerprint density at radius 3 is 2.66 bits per heavy atom. The number of hydrogen-bond donors (Lipinski definition) is 1. The van der Waals surface area contributed by atoms with Crippen LogP contribution in [-0.2, 0) is 9.59 Å². The van der Waals surface area contributed by atoms with Crippen LogP contribution in [0.3, 0.4) is 0 Å². The molecule has 2 aromatic carbocycles. The molecule has 1 N–H and O–H groups in total. The summed E-state index contributed by atoms with van der Waals surface area (Å²) in [6.45, 7) is 2.06. The maximum absolute atomic E-state index is 12.9. The predicted octanol–water partition coefficient (Wildman–Crippen LogP) is 3.76. The molecule has 7 nitrogen and oxygen atoms in total. The highest BCUT2D eigenvalue weighted by Gasteiger charge is 2.35. The molecule has 0 aliphatic carbocycles. The second-order valence-electron chi connectivity index (χ2n) is 6.78. The second kappa shape index (κ2) is 8.08. The molecule has 0 bridgehead atoms. The normalized spacial score (nSPS) is 16.3. The van der Waals surface area contributed by atoms with Gasteiger partial charge in [0.1, 0.15) is 0 Å². The summed E-state index contributed by atoms with van der Waals surface area (Å²) < 4.78 is 5.05. The van der Waals surface area contributed by atoms with Crippen LogP contribution >= 0.6 is 11.8 Å². The first-order chi connectivity index (χ1) is 14.0. The largest absolute Gasteiger partial charge is 0.339 e. The van der Waals surface area contributed by atoms with Crippen LogP contribution in [0.2, 0.25) is 0 Å². The van der Waals surface area contributed by atoms with Crippen LogP contribution in [-0.4, -0.2) is 34.8 Å². The van der Waals surface area contributed by atoms with E-state index in [2.05, 4.69) is 15.5 Å². The number of para-hydroxylation sites is 1. The van der Waals surface area contributed by atoms with Crippen molar-refractivity contribution in [1.29, 1.82) is 0 Å². The van der Waals surface area contributed by atoms with Gasteiger partial charge in [0.25, 0.3) is 0 Å². The summed E-state index contributed by atoms with van der Waals surface area (Å²) in [6, 6.07) is 15.1. The molecule has 1 aromatic heterocycles. The molecule has 1 aliphatic rings. The van der Waals surface area contributed by atoms with E-state index in [1.54, 1.807) is 29.7 Å². The molecular formula is C21H20N4O3S. The minimum absolute atomic E-state index is 0.0517. The van der Waals surface area contributed by atoms with Crippen molar-refractivity contribution in [3.8, 4) is 11.4 Å². The van der Waals surface area contributed by atoms with Crippen molar-refractivity contribution in [1.82, 2.24) is 10.1 Å². The van der Waals surface area contributed by atoms with Gasteiger partial charge in [0.2, 0.25) is 23.5 Å². The third-order valence-corrected chi connectivity index (χ3v) is 5.58. The maximum Gasteiger partial charge on any atom is 0.229 e. The number of anilines is 2. The fourth-order valence-electron chi connectivity index (χ4n) is 3.33. The Morgan fingerprint density at radius 1 is 1.21 bits per heavy atom. The lowest BCUT2D eigenvalue weighted by Gasteiger charge is -2.17. The van der Waals surface area contributed by atoms with Crippen molar-refractivity contribution in [2.24, 2.45) is 5.92 Å². The molecule has 1 fully saturated rings. The highest BCUT2D eigenvalue weighted by molar-refractivity contribution is 7.98. The van der Waals surface area contributed by atoms with E-state index in [0.29, 0.717) is 29.5 Å². The van der Waals surface area contributed by atoms with E-state index < -0.39 is 5.92 Å². The van der Waals surface area contributed by atoms with Crippen molar-refractivity contribution in [2.45, 2.75) is 18.2 Å². The molecule has 0 spiro atoms. The first kappa shape index (κ1) is 19.2. The van der Waals surface area contributed by atoms with Crippen LogP contribution in [0, 0.1) is 12.8 Å². The van der Waals surface area contributed by atoms with Crippen LogP contribution in [0.4, 0.5) is 11.4 Å². The van der Waals surface area contributed by atoms with Crippen LogP contribution in [0.15, 0.2) is 57.9 Å². The average molecular weight is 408 g/mol. The fraction of sp³-hybridized carbons (Fsp3) is 0.238. The van der Waals surface area contributed by atoms with Crippen LogP contribution in [0.1, 0.15) is 12.3 Å². The molecule has 2 amide bonds.